The Morgan fingerprint density at radius 1 is 1.52 bits per heavy atom. The quantitative estimate of drug-likeness (QED) is 0.878. The molecule has 118 valence electrons. The van der Waals surface area contributed by atoms with Gasteiger partial charge in [0.2, 0.25) is 0 Å². The summed E-state index contributed by atoms with van der Waals surface area (Å²) in [6.45, 7) is 10.8. The largest absolute Gasteiger partial charge is 0.373 e. The SMILES string of the molecule is C[C@H]1CN(C(C)(C)CNC(=O)c2nc(Br)cs2)C[C@H](C)O1. The Labute approximate surface area is 138 Å². The first-order chi connectivity index (χ1) is 9.78. The molecule has 0 aromatic carbocycles. The van der Waals surface area contributed by atoms with Crippen LogP contribution >= 0.6 is 27.3 Å². The van der Waals surface area contributed by atoms with Crippen LogP contribution in [-0.4, -0.2) is 53.2 Å². The first-order valence-electron chi connectivity index (χ1n) is 7.07. The molecule has 2 atom stereocenters. The lowest BCUT2D eigenvalue weighted by molar-refractivity contribution is -0.0948. The molecule has 1 fully saturated rings. The van der Waals surface area contributed by atoms with Gasteiger partial charge in [-0.15, -0.1) is 11.3 Å². The molecule has 0 aliphatic carbocycles. The highest BCUT2D eigenvalue weighted by atomic mass is 79.9. The van der Waals surface area contributed by atoms with E-state index in [1.165, 1.54) is 11.3 Å². The molecule has 1 saturated heterocycles. The molecule has 0 unspecified atom stereocenters. The zero-order valence-electron chi connectivity index (χ0n) is 12.9. The second kappa shape index (κ2) is 6.73. The van der Waals surface area contributed by atoms with Gasteiger partial charge in [-0.3, -0.25) is 9.69 Å². The van der Waals surface area contributed by atoms with E-state index in [0.29, 0.717) is 16.2 Å². The monoisotopic (exact) mass is 375 g/mol. The lowest BCUT2D eigenvalue weighted by Crippen LogP contribution is -2.58. The van der Waals surface area contributed by atoms with Crippen molar-refractivity contribution in [1.82, 2.24) is 15.2 Å². The molecule has 1 aliphatic rings. The van der Waals surface area contributed by atoms with Gasteiger partial charge in [0, 0.05) is 30.6 Å². The number of nitrogens with zero attached hydrogens (tertiary/aromatic N) is 2. The fraction of sp³-hybridized carbons (Fsp3) is 0.714. The minimum atomic E-state index is -0.117. The van der Waals surface area contributed by atoms with Gasteiger partial charge in [-0.05, 0) is 43.6 Å². The van der Waals surface area contributed by atoms with Crippen molar-refractivity contribution in [3.05, 3.63) is 15.0 Å². The lowest BCUT2D eigenvalue weighted by Gasteiger charge is -2.45. The number of halogens is 1. The molecule has 0 bridgehead atoms. The molecule has 1 aromatic rings. The third kappa shape index (κ3) is 4.48. The van der Waals surface area contributed by atoms with Crippen molar-refractivity contribution in [3.8, 4) is 0 Å². The molecule has 0 saturated carbocycles. The van der Waals surface area contributed by atoms with Gasteiger partial charge in [0.1, 0.15) is 4.60 Å². The number of thiazole rings is 1. The van der Waals surface area contributed by atoms with Crippen LogP contribution in [0.2, 0.25) is 0 Å². The molecule has 21 heavy (non-hydrogen) atoms. The minimum absolute atomic E-state index is 0.115. The number of nitrogens with one attached hydrogen (secondary N) is 1. The third-order valence-corrected chi connectivity index (χ3v) is 5.18. The summed E-state index contributed by atoms with van der Waals surface area (Å²) in [6, 6.07) is 0. The van der Waals surface area contributed by atoms with Gasteiger partial charge in [0.25, 0.3) is 5.91 Å². The molecule has 2 heterocycles. The van der Waals surface area contributed by atoms with Gasteiger partial charge >= 0.3 is 0 Å². The number of amides is 1. The van der Waals surface area contributed by atoms with E-state index in [0.717, 1.165) is 13.1 Å². The summed E-state index contributed by atoms with van der Waals surface area (Å²) in [6.07, 6.45) is 0.442. The van der Waals surface area contributed by atoms with Crippen molar-refractivity contribution >= 4 is 33.2 Å². The molecule has 1 N–H and O–H groups in total. The van der Waals surface area contributed by atoms with E-state index in [4.69, 9.17) is 4.74 Å². The van der Waals surface area contributed by atoms with Crippen LogP contribution in [-0.2, 0) is 4.74 Å². The molecule has 0 spiro atoms. The summed E-state index contributed by atoms with van der Waals surface area (Å²) in [5, 5.41) is 5.28. The van der Waals surface area contributed by atoms with Crippen LogP contribution in [0.15, 0.2) is 9.98 Å². The van der Waals surface area contributed by atoms with Gasteiger partial charge in [0.05, 0.1) is 12.2 Å². The zero-order chi connectivity index (χ0) is 15.6. The highest BCUT2D eigenvalue weighted by molar-refractivity contribution is 9.10. The Hall–Kier alpha value is -0.500. The molecule has 1 aliphatic heterocycles. The zero-order valence-corrected chi connectivity index (χ0v) is 15.3. The van der Waals surface area contributed by atoms with E-state index < -0.39 is 0 Å². The number of carbonyl (C=O) groups is 1. The van der Waals surface area contributed by atoms with Crippen molar-refractivity contribution in [1.29, 1.82) is 0 Å². The Bertz CT molecular complexity index is 496. The van der Waals surface area contributed by atoms with Crippen molar-refractivity contribution in [3.63, 3.8) is 0 Å². The fourth-order valence-electron chi connectivity index (χ4n) is 2.51. The summed E-state index contributed by atoms with van der Waals surface area (Å²) < 4.78 is 6.47. The lowest BCUT2D eigenvalue weighted by atomic mass is 10.00. The van der Waals surface area contributed by atoms with E-state index in [1.54, 1.807) is 0 Å². The predicted molar refractivity (Wildman–Crippen MR) is 87.8 cm³/mol. The normalized spacial score (nSPS) is 24.0. The maximum Gasteiger partial charge on any atom is 0.280 e. The van der Waals surface area contributed by atoms with E-state index in [2.05, 4.69) is 58.8 Å². The molecule has 0 radical (unpaired) electrons. The van der Waals surface area contributed by atoms with Crippen molar-refractivity contribution in [2.75, 3.05) is 19.6 Å². The molecule has 1 aromatic heterocycles. The summed E-state index contributed by atoms with van der Waals surface area (Å²) in [4.78, 5) is 18.6. The second-order valence-corrected chi connectivity index (χ2v) is 7.80. The first-order valence-corrected chi connectivity index (χ1v) is 8.75. The highest BCUT2D eigenvalue weighted by Gasteiger charge is 2.33. The minimum Gasteiger partial charge on any atom is -0.373 e. The number of morpholine rings is 1. The molecular weight excluding hydrogens is 354 g/mol. The third-order valence-electron chi connectivity index (χ3n) is 3.63. The van der Waals surface area contributed by atoms with Gasteiger partial charge < -0.3 is 10.1 Å². The number of aromatic nitrogens is 1. The fourth-order valence-corrected chi connectivity index (χ4v) is 3.68. The van der Waals surface area contributed by atoms with E-state index in [1.807, 2.05) is 5.38 Å². The molecule has 7 heteroatoms. The van der Waals surface area contributed by atoms with Crippen molar-refractivity contribution in [2.45, 2.75) is 45.4 Å². The number of hydrogen-bond acceptors (Lipinski definition) is 5. The van der Waals surface area contributed by atoms with E-state index in [-0.39, 0.29) is 23.7 Å². The van der Waals surface area contributed by atoms with Crippen molar-refractivity contribution < 1.29 is 9.53 Å². The van der Waals surface area contributed by atoms with Crippen LogP contribution < -0.4 is 5.32 Å². The maximum absolute atomic E-state index is 12.1. The van der Waals surface area contributed by atoms with Crippen LogP contribution in [0.5, 0.6) is 0 Å². The molecule has 2 rings (SSSR count). The molecule has 5 nitrogen and oxygen atoms in total. The second-order valence-electron chi connectivity index (χ2n) is 6.13. The summed E-state index contributed by atoms with van der Waals surface area (Å²) in [5.74, 6) is -0.117. The summed E-state index contributed by atoms with van der Waals surface area (Å²) in [5.41, 5.74) is -0.115. The Balaban J connectivity index is 1.92. The number of rotatable bonds is 4. The van der Waals surface area contributed by atoms with Gasteiger partial charge in [-0.2, -0.15) is 0 Å². The van der Waals surface area contributed by atoms with Gasteiger partial charge in [-0.1, -0.05) is 0 Å². The number of carbonyl (C=O) groups excluding carboxylic acids is 1. The summed E-state index contributed by atoms with van der Waals surface area (Å²) >= 11 is 4.60. The van der Waals surface area contributed by atoms with E-state index >= 15 is 0 Å². The smallest absolute Gasteiger partial charge is 0.280 e. The van der Waals surface area contributed by atoms with Gasteiger partial charge in [0.15, 0.2) is 5.01 Å². The first kappa shape index (κ1) is 16.9. The number of hydrogen-bond donors (Lipinski definition) is 1. The Kier molecular flexibility index (Phi) is 5.40. The average molecular weight is 376 g/mol. The van der Waals surface area contributed by atoms with E-state index in [9.17, 15) is 4.79 Å². The molecule has 1 amide bonds. The van der Waals surface area contributed by atoms with Crippen LogP contribution in [0.3, 0.4) is 0 Å². The average Bonchev–Trinajstić information content (AvgIpc) is 2.82. The Morgan fingerprint density at radius 2 is 2.14 bits per heavy atom. The topological polar surface area (TPSA) is 54.5 Å². The Morgan fingerprint density at radius 3 is 2.67 bits per heavy atom. The van der Waals surface area contributed by atoms with Gasteiger partial charge in [-0.25, -0.2) is 4.98 Å². The van der Waals surface area contributed by atoms with Crippen LogP contribution in [0, 0.1) is 0 Å². The highest BCUT2D eigenvalue weighted by Crippen LogP contribution is 2.21. The van der Waals surface area contributed by atoms with Crippen LogP contribution in [0.1, 0.15) is 37.5 Å². The summed E-state index contributed by atoms with van der Waals surface area (Å²) in [7, 11) is 0. The maximum atomic E-state index is 12.1. The van der Waals surface area contributed by atoms with Crippen molar-refractivity contribution in [2.24, 2.45) is 0 Å². The van der Waals surface area contributed by atoms with Crippen LogP contribution in [0.4, 0.5) is 0 Å². The molecular formula is C14H22BrN3O2S. The number of ether oxygens (including phenoxy) is 1. The standard InChI is InChI=1S/C14H22BrN3O2S/c1-9-5-18(6-10(2)20-9)14(3,4)8-16-12(19)13-17-11(15)7-21-13/h7,9-10H,5-6,8H2,1-4H3,(H,16,19)/t9-,10-/m0/s1. The van der Waals surface area contributed by atoms with Crippen LogP contribution in [0.25, 0.3) is 0 Å². The predicted octanol–water partition coefficient (Wildman–Crippen LogP) is 2.52.